The highest BCUT2D eigenvalue weighted by atomic mass is 32.2. The molecule has 2 spiro atoms. The van der Waals surface area contributed by atoms with Crippen LogP contribution in [0.5, 0.6) is 0 Å². The van der Waals surface area contributed by atoms with E-state index in [0.29, 0.717) is 28.7 Å². The Balaban J connectivity index is 1.60. The van der Waals surface area contributed by atoms with Crippen molar-refractivity contribution in [2.75, 3.05) is 25.5 Å². The highest BCUT2D eigenvalue weighted by molar-refractivity contribution is 8.25. The molecule has 0 aliphatic carbocycles. The van der Waals surface area contributed by atoms with Gasteiger partial charge in [0.05, 0.1) is 6.54 Å². The molecule has 9 heteroatoms. The van der Waals surface area contributed by atoms with Crippen molar-refractivity contribution < 1.29 is 14.0 Å². The molecular formula is C27H23FN4O2S2. The van der Waals surface area contributed by atoms with E-state index in [9.17, 15) is 14.0 Å². The molecule has 2 amide bonds. The van der Waals surface area contributed by atoms with Gasteiger partial charge in [-0.25, -0.2) is 4.39 Å². The number of rotatable bonds is 3. The summed E-state index contributed by atoms with van der Waals surface area (Å²) in [5.41, 5.74) is 1.43. The van der Waals surface area contributed by atoms with Gasteiger partial charge in [0.25, 0.3) is 5.91 Å². The third-order valence-electron chi connectivity index (χ3n) is 7.68. The van der Waals surface area contributed by atoms with E-state index in [-0.39, 0.29) is 11.8 Å². The number of halogens is 1. The van der Waals surface area contributed by atoms with Gasteiger partial charge >= 0.3 is 0 Å². The fraction of sp³-hybridized carbons (Fsp3) is 0.259. The Labute approximate surface area is 218 Å². The number of anilines is 1. The van der Waals surface area contributed by atoms with E-state index in [2.05, 4.69) is 4.98 Å². The van der Waals surface area contributed by atoms with Gasteiger partial charge in [0.1, 0.15) is 14.9 Å². The van der Waals surface area contributed by atoms with Crippen LogP contribution in [0.25, 0.3) is 0 Å². The molecule has 4 heterocycles. The molecule has 6 nitrogen and oxygen atoms in total. The molecule has 3 atom stereocenters. The van der Waals surface area contributed by atoms with Crippen molar-refractivity contribution in [1.82, 2.24) is 14.8 Å². The van der Waals surface area contributed by atoms with Crippen LogP contribution in [0.2, 0.25) is 0 Å². The van der Waals surface area contributed by atoms with Gasteiger partial charge in [0.2, 0.25) is 5.91 Å². The number of pyridine rings is 1. The quantitative estimate of drug-likeness (QED) is 0.490. The van der Waals surface area contributed by atoms with Crippen LogP contribution in [0.15, 0.2) is 73.1 Å². The smallest absolute Gasteiger partial charge is 0.254 e. The first kappa shape index (κ1) is 23.3. The van der Waals surface area contributed by atoms with Crippen LogP contribution in [-0.2, 0) is 21.7 Å². The van der Waals surface area contributed by atoms with Crippen molar-refractivity contribution in [1.29, 1.82) is 0 Å². The van der Waals surface area contributed by atoms with Crippen molar-refractivity contribution in [3.63, 3.8) is 0 Å². The first-order valence-corrected chi connectivity index (χ1v) is 12.8. The molecule has 3 aromatic rings. The second kappa shape index (κ2) is 8.19. The first-order valence-electron chi connectivity index (χ1n) is 11.6. The van der Waals surface area contributed by atoms with Crippen molar-refractivity contribution in [2.24, 2.45) is 0 Å². The van der Waals surface area contributed by atoms with Crippen molar-refractivity contribution in [2.45, 2.75) is 22.7 Å². The summed E-state index contributed by atoms with van der Waals surface area (Å²) in [6, 6.07) is 17.8. The molecule has 1 aromatic heterocycles. The predicted molar refractivity (Wildman–Crippen MR) is 141 cm³/mol. The fourth-order valence-electron chi connectivity index (χ4n) is 6.15. The van der Waals surface area contributed by atoms with Crippen LogP contribution < -0.4 is 4.90 Å². The molecule has 3 aliphatic heterocycles. The number of thiocarbonyl (C=S) groups is 1. The number of nitrogens with zero attached hydrogens (tertiary/aromatic N) is 4. The Morgan fingerprint density at radius 1 is 1.08 bits per heavy atom. The molecule has 3 aliphatic rings. The summed E-state index contributed by atoms with van der Waals surface area (Å²) < 4.78 is 13.8. The summed E-state index contributed by atoms with van der Waals surface area (Å²) in [6.45, 7) is 0.703. The summed E-state index contributed by atoms with van der Waals surface area (Å²) in [5, 5.41) is 0. The van der Waals surface area contributed by atoms with Crippen LogP contribution in [0.1, 0.15) is 22.6 Å². The van der Waals surface area contributed by atoms with E-state index in [1.807, 2.05) is 54.4 Å². The molecule has 0 saturated carbocycles. The summed E-state index contributed by atoms with van der Waals surface area (Å²) in [4.78, 5) is 38.3. The molecular weight excluding hydrogens is 495 g/mol. The summed E-state index contributed by atoms with van der Waals surface area (Å²) in [7, 11) is 3.51. The minimum atomic E-state index is -1.43. The largest absolute Gasteiger partial charge is 0.313 e. The highest BCUT2D eigenvalue weighted by Crippen LogP contribution is 2.66. The Bertz CT molecular complexity index is 1410. The lowest BCUT2D eigenvalue weighted by Crippen LogP contribution is -2.62. The van der Waals surface area contributed by atoms with Gasteiger partial charge in [0.15, 0.2) is 5.54 Å². The van der Waals surface area contributed by atoms with Crippen molar-refractivity contribution >= 4 is 45.8 Å². The lowest BCUT2D eigenvalue weighted by Gasteiger charge is -2.42. The Kier molecular flexibility index (Phi) is 5.30. The number of amides is 2. The molecule has 2 saturated heterocycles. The highest BCUT2D eigenvalue weighted by Gasteiger charge is 2.78. The Hall–Kier alpha value is -3.14. The number of likely N-dealkylation sites (N-methyl/N-ethyl adjacent to an activating group) is 2. The number of carbonyl (C=O) groups excluding carboxylic acids is 2. The van der Waals surface area contributed by atoms with E-state index in [0.717, 1.165) is 11.1 Å². The lowest BCUT2D eigenvalue weighted by atomic mass is 9.72. The Morgan fingerprint density at radius 3 is 2.58 bits per heavy atom. The van der Waals surface area contributed by atoms with E-state index in [1.54, 1.807) is 30.4 Å². The number of hydrogen-bond donors (Lipinski definition) is 0. The van der Waals surface area contributed by atoms with Crippen LogP contribution >= 0.6 is 24.0 Å². The molecule has 182 valence electrons. The standard InChI is InChI=1S/C27H23FN4O2S2/c1-30-16-21(18-9-6-12-29-14-18)27(24(34)32(25(35)36-27)15-17-7-4-3-5-8-17)26(30)20-13-19(28)10-11-22(20)31(2)23(26)33/h3-14,21H,15-16H2,1-2H3/t21-,26+,27-/m0/s1. The molecule has 0 bridgehead atoms. The van der Waals surface area contributed by atoms with Gasteiger partial charge in [-0.2, -0.15) is 0 Å². The number of benzene rings is 2. The summed E-state index contributed by atoms with van der Waals surface area (Å²) >= 11 is 7.07. The zero-order valence-electron chi connectivity index (χ0n) is 19.7. The van der Waals surface area contributed by atoms with Crippen LogP contribution in [0.4, 0.5) is 10.1 Å². The van der Waals surface area contributed by atoms with Gasteiger partial charge in [-0.1, -0.05) is 60.4 Å². The number of aromatic nitrogens is 1. The van der Waals surface area contributed by atoms with Crippen molar-refractivity contribution in [3.8, 4) is 0 Å². The molecule has 2 fully saturated rings. The number of hydrogen-bond acceptors (Lipinski definition) is 6. The van der Waals surface area contributed by atoms with Gasteiger partial charge in [0, 0.05) is 43.2 Å². The second-order valence-electron chi connectivity index (χ2n) is 9.44. The second-order valence-corrected chi connectivity index (χ2v) is 11.3. The number of fused-ring (bicyclic) bond motifs is 3. The molecule has 0 N–H and O–H groups in total. The monoisotopic (exact) mass is 518 g/mol. The molecule has 36 heavy (non-hydrogen) atoms. The molecule has 6 rings (SSSR count). The van der Waals surface area contributed by atoms with E-state index in [4.69, 9.17) is 12.2 Å². The predicted octanol–water partition coefficient (Wildman–Crippen LogP) is 3.92. The van der Waals surface area contributed by atoms with Crippen LogP contribution in [0.3, 0.4) is 0 Å². The SMILES string of the molecule is CN1C(=O)[C@@]2(c3cc(F)ccc31)N(C)C[C@@H](c1cccnc1)[C@@]21SC(=S)N(Cc2ccccc2)C1=O. The van der Waals surface area contributed by atoms with Crippen LogP contribution in [-0.4, -0.2) is 56.3 Å². The van der Waals surface area contributed by atoms with Gasteiger partial charge in [-0.05, 0) is 42.4 Å². The third kappa shape index (κ3) is 2.87. The maximum absolute atomic E-state index is 14.7. The average Bonchev–Trinajstić information content (AvgIpc) is 3.38. The molecule has 2 aromatic carbocycles. The van der Waals surface area contributed by atoms with E-state index < -0.39 is 22.0 Å². The normalized spacial score (nSPS) is 27.6. The number of likely N-dealkylation sites (tertiary alicyclic amines) is 1. The van der Waals surface area contributed by atoms with Gasteiger partial charge in [-0.15, -0.1) is 0 Å². The number of carbonyl (C=O) groups is 2. The average molecular weight is 519 g/mol. The summed E-state index contributed by atoms with van der Waals surface area (Å²) in [5.74, 6) is -1.36. The number of thioether (sulfide) groups is 1. The maximum Gasteiger partial charge on any atom is 0.254 e. The molecule has 0 unspecified atom stereocenters. The van der Waals surface area contributed by atoms with Crippen molar-refractivity contribution in [3.05, 3.63) is 95.6 Å². The molecule has 0 radical (unpaired) electrons. The summed E-state index contributed by atoms with van der Waals surface area (Å²) in [6.07, 6.45) is 3.42. The van der Waals surface area contributed by atoms with Gasteiger partial charge in [-0.3, -0.25) is 24.4 Å². The van der Waals surface area contributed by atoms with E-state index >= 15 is 0 Å². The zero-order valence-corrected chi connectivity index (χ0v) is 21.4. The minimum Gasteiger partial charge on any atom is -0.313 e. The lowest BCUT2D eigenvalue weighted by molar-refractivity contribution is -0.139. The Morgan fingerprint density at radius 2 is 1.86 bits per heavy atom. The first-order chi connectivity index (χ1) is 17.3. The minimum absolute atomic E-state index is 0.238. The van der Waals surface area contributed by atoms with Crippen LogP contribution in [0, 0.1) is 5.82 Å². The topological polar surface area (TPSA) is 56.8 Å². The zero-order chi connectivity index (χ0) is 25.2. The maximum atomic E-state index is 14.7. The van der Waals surface area contributed by atoms with E-state index in [1.165, 1.54) is 28.8 Å². The fourth-order valence-corrected chi connectivity index (χ4v) is 8.28. The van der Waals surface area contributed by atoms with Gasteiger partial charge < -0.3 is 4.90 Å². The third-order valence-corrected chi connectivity index (χ3v) is 9.62.